The molecule has 1 rings (SSSR count). The zero-order valence-electron chi connectivity index (χ0n) is 9.60. The molecule has 0 radical (unpaired) electrons. The molecule has 16 heavy (non-hydrogen) atoms. The number of rotatable bonds is 4. The van der Waals surface area contributed by atoms with Gasteiger partial charge in [0.25, 0.3) is 0 Å². The van der Waals surface area contributed by atoms with E-state index in [0.717, 1.165) is 18.4 Å². The molecule has 0 spiro atoms. The summed E-state index contributed by atoms with van der Waals surface area (Å²) in [5, 5.41) is 0. The van der Waals surface area contributed by atoms with Crippen LogP contribution in [0.2, 0.25) is 0 Å². The lowest BCUT2D eigenvalue weighted by atomic mass is 10.0. The normalized spacial score (nSPS) is 11.4. The second-order valence-electron chi connectivity index (χ2n) is 3.51. The molecular weight excluding hydrogens is 226 g/mol. The van der Waals surface area contributed by atoms with E-state index in [1.165, 1.54) is 7.11 Å². The van der Waals surface area contributed by atoms with Gasteiger partial charge >= 0.3 is 5.97 Å². The Bertz CT molecular complexity index is 342. The summed E-state index contributed by atoms with van der Waals surface area (Å²) in [5.41, 5.74) is 7.51. The molecule has 0 aliphatic carbocycles. The number of carbonyl (C=O) groups excluding carboxylic acids is 1. The summed E-state index contributed by atoms with van der Waals surface area (Å²) >= 11 is 0. The molecule has 0 unspecified atom stereocenters. The third kappa shape index (κ3) is 3.83. The van der Waals surface area contributed by atoms with Crippen LogP contribution < -0.4 is 5.73 Å². The molecule has 0 amide bonds. The second kappa shape index (κ2) is 7.25. The lowest BCUT2D eigenvalue weighted by molar-refractivity contribution is 0.0600. The van der Waals surface area contributed by atoms with Gasteiger partial charge < -0.3 is 10.5 Å². The van der Waals surface area contributed by atoms with Crippen molar-refractivity contribution in [1.29, 1.82) is 0 Å². The number of halogens is 1. The number of hydrogen-bond acceptors (Lipinski definition) is 3. The molecular formula is C12H18ClNO2. The second-order valence-corrected chi connectivity index (χ2v) is 3.51. The van der Waals surface area contributed by atoms with Crippen molar-refractivity contribution in [2.75, 3.05) is 7.11 Å². The SMILES string of the molecule is CCC[C@H](N)c1cccc(C(=O)OC)c1.Cl. The Kier molecular flexibility index (Phi) is 6.77. The van der Waals surface area contributed by atoms with E-state index in [-0.39, 0.29) is 24.4 Å². The van der Waals surface area contributed by atoms with Gasteiger partial charge in [-0.05, 0) is 24.1 Å². The maximum Gasteiger partial charge on any atom is 0.337 e. The number of nitrogens with two attached hydrogens (primary N) is 1. The molecule has 0 saturated carbocycles. The highest BCUT2D eigenvalue weighted by Crippen LogP contribution is 2.17. The Balaban J connectivity index is 0.00000225. The van der Waals surface area contributed by atoms with Crippen LogP contribution in [-0.2, 0) is 4.74 Å². The van der Waals surface area contributed by atoms with Crippen LogP contribution in [0.25, 0.3) is 0 Å². The van der Waals surface area contributed by atoms with Gasteiger partial charge in [-0.15, -0.1) is 12.4 Å². The molecule has 0 fully saturated rings. The van der Waals surface area contributed by atoms with E-state index < -0.39 is 0 Å². The van der Waals surface area contributed by atoms with E-state index in [2.05, 4.69) is 11.7 Å². The highest BCUT2D eigenvalue weighted by molar-refractivity contribution is 5.89. The summed E-state index contributed by atoms with van der Waals surface area (Å²) in [6.07, 6.45) is 1.95. The van der Waals surface area contributed by atoms with Crippen molar-refractivity contribution in [3.63, 3.8) is 0 Å². The summed E-state index contributed by atoms with van der Waals surface area (Å²) in [7, 11) is 1.38. The summed E-state index contributed by atoms with van der Waals surface area (Å²) in [5.74, 6) is -0.319. The number of benzene rings is 1. The maximum atomic E-state index is 11.3. The fourth-order valence-electron chi connectivity index (χ4n) is 1.49. The number of esters is 1. The Morgan fingerprint density at radius 3 is 2.75 bits per heavy atom. The summed E-state index contributed by atoms with van der Waals surface area (Å²) in [6.45, 7) is 2.09. The van der Waals surface area contributed by atoms with E-state index >= 15 is 0 Å². The Labute approximate surface area is 102 Å². The Hall–Kier alpha value is -1.06. The molecule has 0 aliphatic heterocycles. The van der Waals surface area contributed by atoms with Gasteiger partial charge in [0.1, 0.15) is 0 Å². The van der Waals surface area contributed by atoms with E-state index in [1.54, 1.807) is 12.1 Å². The Morgan fingerprint density at radius 1 is 1.50 bits per heavy atom. The molecule has 0 saturated heterocycles. The predicted molar refractivity (Wildman–Crippen MR) is 66.9 cm³/mol. The average molecular weight is 244 g/mol. The fourth-order valence-corrected chi connectivity index (χ4v) is 1.49. The zero-order valence-corrected chi connectivity index (χ0v) is 10.4. The lowest BCUT2D eigenvalue weighted by Crippen LogP contribution is -2.11. The monoisotopic (exact) mass is 243 g/mol. The van der Waals surface area contributed by atoms with Gasteiger partial charge in [-0.1, -0.05) is 25.5 Å². The third-order valence-electron chi connectivity index (χ3n) is 2.34. The number of ether oxygens (including phenoxy) is 1. The van der Waals surface area contributed by atoms with Crippen LogP contribution in [0, 0.1) is 0 Å². The quantitative estimate of drug-likeness (QED) is 0.828. The van der Waals surface area contributed by atoms with Crippen LogP contribution in [0.5, 0.6) is 0 Å². The Morgan fingerprint density at radius 2 is 2.19 bits per heavy atom. The van der Waals surface area contributed by atoms with Crippen molar-refractivity contribution in [2.24, 2.45) is 5.73 Å². The molecule has 1 aromatic rings. The van der Waals surface area contributed by atoms with Crippen molar-refractivity contribution in [3.8, 4) is 0 Å². The van der Waals surface area contributed by atoms with Crippen LogP contribution >= 0.6 is 12.4 Å². The first-order valence-corrected chi connectivity index (χ1v) is 5.13. The summed E-state index contributed by atoms with van der Waals surface area (Å²) in [6, 6.07) is 7.30. The summed E-state index contributed by atoms with van der Waals surface area (Å²) in [4.78, 5) is 11.3. The van der Waals surface area contributed by atoms with Crippen molar-refractivity contribution in [1.82, 2.24) is 0 Å². The van der Waals surface area contributed by atoms with Gasteiger partial charge in [0.05, 0.1) is 12.7 Å². The first kappa shape index (κ1) is 14.9. The van der Waals surface area contributed by atoms with E-state index in [4.69, 9.17) is 5.73 Å². The molecule has 1 aromatic carbocycles. The molecule has 0 heterocycles. The first-order valence-electron chi connectivity index (χ1n) is 5.13. The third-order valence-corrected chi connectivity index (χ3v) is 2.34. The molecule has 2 N–H and O–H groups in total. The van der Waals surface area contributed by atoms with Gasteiger partial charge in [-0.3, -0.25) is 0 Å². The van der Waals surface area contributed by atoms with Gasteiger partial charge in [-0.25, -0.2) is 4.79 Å². The highest BCUT2D eigenvalue weighted by atomic mass is 35.5. The average Bonchev–Trinajstić information content (AvgIpc) is 2.28. The van der Waals surface area contributed by atoms with Crippen molar-refractivity contribution < 1.29 is 9.53 Å². The van der Waals surface area contributed by atoms with E-state index in [9.17, 15) is 4.79 Å². The van der Waals surface area contributed by atoms with Crippen LogP contribution in [0.1, 0.15) is 41.7 Å². The standard InChI is InChI=1S/C12H17NO2.ClH/c1-3-5-11(13)9-6-4-7-10(8-9)12(14)15-2;/h4,6-8,11H,3,5,13H2,1-2H3;1H/t11-;/m0./s1. The molecule has 0 bridgehead atoms. The number of methoxy groups -OCH3 is 1. The highest BCUT2D eigenvalue weighted by Gasteiger charge is 2.09. The van der Waals surface area contributed by atoms with Crippen molar-refractivity contribution in [2.45, 2.75) is 25.8 Å². The van der Waals surface area contributed by atoms with Gasteiger partial charge in [0.2, 0.25) is 0 Å². The summed E-state index contributed by atoms with van der Waals surface area (Å²) < 4.78 is 4.65. The van der Waals surface area contributed by atoms with Crippen molar-refractivity contribution in [3.05, 3.63) is 35.4 Å². The minimum absolute atomic E-state index is 0. The minimum atomic E-state index is -0.319. The molecule has 1 atom stereocenters. The van der Waals surface area contributed by atoms with E-state index in [1.807, 2.05) is 12.1 Å². The van der Waals surface area contributed by atoms with Gasteiger partial charge in [0, 0.05) is 6.04 Å². The smallest absolute Gasteiger partial charge is 0.337 e. The van der Waals surface area contributed by atoms with Gasteiger partial charge in [-0.2, -0.15) is 0 Å². The zero-order chi connectivity index (χ0) is 11.3. The molecule has 0 aromatic heterocycles. The van der Waals surface area contributed by atoms with Gasteiger partial charge in [0.15, 0.2) is 0 Å². The number of hydrogen-bond donors (Lipinski definition) is 1. The molecule has 90 valence electrons. The van der Waals surface area contributed by atoms with Crippen LogP contribution in [0.4, 0.5) is 0 Å². The van der Waals surface area contributed by atoms with Crippen LogP contribution in [0.3, 0.4) is 0 Å². The first-order chi connectivity index (χ1) is 7.19. The maximum absolute atomic E-state index is 11.3. The molecule has 0 aliphatic rings. The fraction of sp³-hybridized carbons (Fsp3) is 0.417. The number of carbonyl (C=O) groups is 1. The molecule has 4 heteroatoms. The topological polar surface area (TPSA) is 52.3 Å². The largest absolute Gasteiger partial charge is 0.465 e. The van der Waals surface area contributed by atoms with Crippen molar-refractivity contribution >= 4 is 18.4 Å². The van der Waals surface area contributed by atoms with Crippen LogP contribution in [-0.4, -0.2) is 13.1 Å². The molecule has 3 nitrogen and oxygen atoms in total. The van der Waals surface area contributed by atoms with E-state index in [0.29, 0.717) is 5.56 Å². The minimum Gasteiger partial charge on any atom is -0.465 e. The predicted octanol–water partition coefficient (Wildman–Crippen LogP) is 2.69. The lowest BCUT2D eigenvalue weighted by Gasteiger charge is -2.11. The van der Waals surface area contributed by atoms with Crippen LogP contribution in [0.15, 0.2) is 24.3 Å².